The van der Waals surface area contributed by atoms with Gasteiger partial charge in [-0.25, -0.2) is 0 Å². The lowest BCUT2D eigenvalue weighted by molar-refractivity contribution is 0.102. The average Bonchev–Trinajstić information content (AvgIpc) is 3.13. The Morgan fingerprint density at radius 1 is 0.926 bits per heavy atom. The van der Waals surface area contributed by atoms with Gasteiger partial charge in [0, 0.05) is 23.2 Å². The molecule has 0 fully saturated rings. The zero-order valence-electron chi connectivity index (χ0n) is 14.7. The second-order valence-corrected chi connectivity index (χ2v) is 5.98. The van der Waals surface area contributed by atoms with Gasteiger partial charge in [0.15, 0.2) is 5.75 Å². The predicted molar refractivity (Wildman–Crippen MR) is 106 cm³/mol. The molecule has 0 unspecified atom stereocenters. The SMILES string of the molecule is COc1ccc2c(C(=O)Nc3ccccc3Oc3ccccc3)c[nH]c2c1. The molecule has 1 aromatic heterocycles. The third-order valence-electron chi connectivity index (χ3n) is 4.24. The highest BCUT2D eigenvalue weighted by Crippen LogP contribution is 2.30. The quantitative estimate of drug-likeness (QED) is 0.514. The molecule has 5 heteroatoms. The third-order valence-corrected chi connectivity index (χ3v) is 4.24. The van der Waals surface area contributed by atoms with Crippen LogP contribution in [0.5, 0.6) is 17.2 Å². The van der Waals surface area contributed by atoms with Crippen molar-refractivity contribution in [3.8, 4) is 17.2 Å². The highest BCUT2D eigenvalue weighted by molar-refractivity contribution is 6.13. The van der Waals surface area contributed by atoms with E-state index in [1.54, 1.807) is 13.3 Å². The molecule has 0 aliphatic carbocycles. The molecule has 0 aliphatic heterocycles. The van der Waals surface area contributed by atoms with E-state index in [0.29, 0.717) is 22.7 Å². The van der Waals surface area contributed by atoms with Crippen LogP contribution in [0, 0.1) is 0 Å². The van der Waals surface area contributed by atoms with Gasteiger partial charge < -0.3 is 19.8 Å². The van der Waals surface area contributed by atoms with Crippen LogP contribution < -0.4 is 14.8 Å². The summed E-state index contributed by atoms with van der Waals surface area (Å²) >= 11 is 0. The van der Waals surface area contributed by atoms with E-state index in [-0.39, 0.29) is 5.91 Å². The molecule has 1 amide bonds. The molecule has 0 atom stereocenters. The van der Waals surface area contributed by atoms with E-state index in [9.17, 15) is 4.79 Å². The number of hydrogen-bond donors (Lipinski definition) is 2. The number of ether oxygens (including phenoxy) is 2. The summed E-state index contributed by atoms with van der Waals surface area (Å²) in [4.78, 5) is 15.9. The van der Waals surface area contributed by atoms with Crippen molar-refractivity contribution in [1.29, 1.82) is 0 Å². The first-order chi connectivity index (χ1) is 13.2. The minimum absolute atomic E-state index is 0.212. The van der Waals surface area contributed by atoms with E-state index in [4.69, 9.17) is 9.47 Å². The summed E-state index contributed by atoms with van der Waals surface area (Å²) < 4.78 is 11.1. The third kappa shape index (κ3) is 3.48. The number of rotatable bonds is 5. The van der Waals surface area contributed by atoms with Crippen molar-refractivity contribution >= 4 is 22.5 Å². The van der Waals surface area contributed by atoms with Crippen molar-refractivity contribution in [2.24, 2.45) is 0 Å². The Balaban J connectivity index is 1.60. The van der Waals surface area contributed by atoms with E-state index in [1.807, 2.05) is 72.8 Å². The fraction of sp³-hybridized carbons (Fsp3) is 0.0455. The van der Waals surface area contributed by atoms with E-state index in [1.165, 1.54) is 0 Å². The van der Waals surface area contributed by atoms with Crippen LogP contribution in [0.1, 0.15) is 10.4 Å². The summed E-state index contributed by atoms with van der Waals surface area (Å²) in [5, 5.41) is 3.77. The molecule has 2 N–H and O–H groups in total. The maximum absolute atomic E-state index is 12.8. The van der Waals surface area contributed by atoms with Crippen LogP contribution >= 0.6 is 0 Å². The van der Waals surface area contributed by atoms with Gasteiger partial charge in [-0.3, -0.25) is 4.79 Å². The van der Waals surface area contributed by atoms with Crippen molar-refractivity contribution in [2.75, 3.05) is 12.4 Å². The molecule has 0 radical (unpaired) electrons. The first-order valence-electron chi connectivity index (χ1n) is 8.53. The molecule has 1 heterocycles. The second-order valence-electron chi connectivity index (χ2n) is 5.98. The normalized spacial score (nSPS) is 10.6. The Labute approximate surface area is 156 Å². The smallest absolute Gasteiger partial charge is 0.257 e. The Morgan fingerprint density at radius 2 is 1.70 bits per heavy atom. The minimum atomic E-state index is -0.212. The van der Waals surface area contributed by atoms with Crippen molar-refractivity contribution in [2.45, 2.75) is 0 Å². The molecule has 3 aromatic carbocycles. The maximum atomic E-state index is 12.8. The number of anilines is 1. The molecule has 4 rings (SSSR count). The number of aromatic nitrogens is 1. The van der Waals surface area contributed by atoms with Gasteiger partial charge in [0.05, 0.1) is 18.4 Å². The Hall–Kier alpha value is -3.73. The number of nitrogens with one attached hydrogen (secondary N) is 2. The van der Waals surface area contributed by atoms with E-state index in [2.05, 4.69) is 10.3 Å². The zero-order chi connectivity index (χ0) is 18.6. The van der Waals surface area contributed by atoms with Crippen molar-refractivity contribution in [1.82, 2.24) is 4.98 Å². The molecule has 0 spiro atoms. The van der Waals surface area contributed by atoms with Crippen LogP contribution in [0.3, 0.4) is 0 Å². The molecule has 4 aromatic rings. The maximum Gasteiger partial charge on any atom is 0.257 e. The van der Waals surface area contributed by atoms with Gasteiger partial charge >= 0.3 is 0 Å². The molecule has 5 nitrogen and oxygen atoms in total. The van der Waals surface area contributed by atoms with Gasteiger partial charge in [0.25, 0.3) is 5.91 Å². The highest BCUT2D eigenvalue weighted by Gasteiger charge is 2.15. The van der Waals surface area contributed by atoms with Crippen LogP contribution in [0.25, 0.3) is 10.9 Å². The standard InChI is InChI=1S/C22H18N2O3/c1-26-16-11-12-17-18(14-23-20(17)13-16)22(25)24-19-9-5-6-10-21(19)27-15-7-3-2-4-8-15/h2-14,23H,1H3,(H,24,25). The molecule has 0 saturated heterocycles. The summed E-state index contributed by atoms with van der Waals surface area (Å²) in [5.41, 5.74) is 2.00. The molecular weight excluding hydrogens is 340 g/mol. The van der Waals surface area contributed by atoms with Crippen molar-refractivity contribution in [3.63, 3.8) is 0 Å². The van der Waals surface area contributed by atoms with Crippen LogP contribution in [0.4, 0.5) is 5.69 Å². The monoisotopic (exact) mass is 358 g/mol. The Bertz CT molecular complexity index is 1090. The molecule has 0 aliphatic rings. The van der Waals surface area contributed by atoms with Gasteiger partial charge in [-0.05, 0) is 36.4 Å². The lowest BCUT2D eigenvalue weighted by Gasteiger charge is -2.12. The number of methoxy groups -OCH3 is 1. The lowest BCUT2D eigenvalue weighted by atomic mass is 10.1. The number of benzene rings is 3. The van der Waals surface area contributed by atoms with E-state index >= 15 is 0 Å². The molecule has 27 heavy (non-hydrogen) atoms. The Kier molecular flexibility index (Phi) is 4.49. The van der Waals surface area contributed by atoms with Gasteiger partial charge in [-0.1, -0.05) is 30.3 Å². The summed E-state index contributed by atoms with van der Waals surface area (Å²) in [7, 11) is 1.61. The minimum Gasteiger partial charge on any atom is -0.497 e. The van der Waals surface area contributed by atoms with Gasteiger partial charge in [-0.15, -0.1) is 0 Å². The van der Waals surface area contributed by atoms with E-state index in [0.717, 1.165) is 16.7 Å². The van der Waals surface area contributed by atoms with E-state index < -0.39 is 0 Å². The first-order valence-corrected chi connectivity index (χ1v) is 8.53. The van der Waals surface area contributed by atoms with Crippen molar-refractivity contribution < 1.29 is 14.3 Å². The van der Waals surface area contributed by atoms with Crippen LogP contribution in [-0.2, 0) is 0 Å². The average molecular weight is 358 g/mol. The number of fused-ring (bicyclic) bond motifs is 1. The number of para-hydroxylation sites is 3. The number of carbonyl (C=O) groups is 1. The fourth-order valence-corrected chi connectivity index (χ4v) is 2.88. The summed E-state index contributed by atoms with van der Waals surface area (Å²) in [6.07, 6.45) is 1.69. The first kappa shape index (κ1) is 16.7. The number of hydrogen-bond acceptors (Lipinski definition) is 3. The van der Waals surface area contributed by atoms with Crippen LogP contribution in [0.2, 0.25) is 0 Å². The second kappa shape index (κ2) is 7.25. The number of amides is 1. The number of H-pyrrole nitrogens is 1. The Morgan fingerprint density at radius 3 is 2.52 bits per heavy atom. The van der Waals surface area contributed by atoms with Gasteiger partial charge in [-0.2, -0.15) is 0 Å². The predicted octanol–water partition coefficient (Wildman–Crippen LogP) is 5.22. The van der Waals surface area contributed by atoms with Gasteiger partial charge in [0.1, 0.15) is 11.5 Å². The fourth-order valence-electron chi connectivity index (χ4n) is 2.88. The molecule has 0 saturated carbocycles. The summed E-state index contributed by atoms with van der Waals surface area (Å²) in [6.45, 7) is 0. The van der Waals surface area contributed by atoms with Crippen LogP contribution in [-0.4, -0.2) is 18.0 Å². The topological polar surface area (TPSA) is 63.4 Å². The zero-order valence-corrected chi connectivity index (χ0v) is 14.7. The van der Waals surface area contributed by atoms with Crippen molar-refractivity contribution in [3.05, 3.63) is 84.6 Å². The van der Waals surface area contributed by atoms with Crippen LogP contribution in [0.15, 0.2) is 79.0 Å². The molecular formula is C22H18N2O3. The number of aromatic amines is 1. The number of carbonyl (C=O) groups excluding carboxylic acids is 1. The summed E-state index contributed by atoms with van der Waals surface area (Å²) in [6, 6.07) is 22.4. The van der Waals surface area contributed by atoms with Gasteiger partial charge in [0.2, 0.25) is 0 Å². The lowest BCUT2D eigenvalue weighted by Crippen LogP contribution is -2.12. The summed E-state index contributed by atoms with van der Waals surface area (Å²) in [5.74, 6) is 1.81. The largest absolute Gasteiger partial charge is 0.497 e. The molecule has 134 valence electrons. The highest BCUT2D eigenvalue weighted by atomic mass is 16.5. The molecule has 0 bridgehead atoms.